The van der Waals surface area contributed by atoms with Crippen LogP contribution in [0.2, 0.25) is 0 Å². The van der Waals surface area contributed by atoms with Gasteiger partial charge in [0, 0.05) is 103 Å². The first-order valence-corrected chi connectivity index (χ1v) is 48.9. The monoisotopic (exact) mass is 1830 g/mol. The van der Waals surface area contributed by atoms with E-state index in [0.717, 1.165) is 134 Å². The molecule has 3 aliphatic rings. The molecule has 23 aromatic rings. The van der Waals surface area contributed by atoms with Crippen molar-refractivity contribution >= 4 is 21.5 Å². The van der Waals surface area contributed by atoms with Crippen molar-refractivity contribution in [3.63, 3.8) is 0 Å². The molecular weight excluding hydrogens is 1740 g/mol. The van der Waals surface area contributed by atoms with E-state index >= 15 is 0 Å². The van der Waals surface area contributed by atoms with Gasteiger partial charge in [0.05, 0.1) is 34.2 Å². The van der Waals surface area contributed by atoms with Gasteiger partial charge in [0.25, 0.3) is 0 Å². The Morgan fingerprint density at radius 1 is 0.161 bits per heavy atom. The summed E-state index contributed by atoms with van der Waals surface area (Å²) in [5, 5.41) is 5.23. The zero-order chi connectivity index (χ0) is 96.3. The normalized spacial score (nSPS) is 12.9. The minimum Gasteiger partial charge on any atom is -0.265 e. The van der Waals surface area contributed by atoms with E-state index in [0.29, 0.717) is 17.5 Å². The molecule has 9 nitrogen and oxygen atoms in total. The van der Waals surface area contributed by atoms with E-state index < -0.39 is 0 Å². The molecule has 17 aromatic carbocycles. The Labute approximate surface area is 833 Å². The van der Waals surface area contributed by atoms with Crippen molar-refractivity contribution in [1.82, 2.24) is 44.9 Å². The first kappa shape index (κ1) is 87.7. The molecule has 0 fully saturated rings. The smallest absolute Gasteiger partial charge is 0.160 e. The Morgan fingerprint density at radius 2 is 0.483 bits per heavy atom. The van der Waals surface area contributed by atoms with Crippen LogP contribution in [0.4, 0.5) is 0 Å². The molecule has 0 atom stereocenters. The molecule has 0 unspecified atom stereocenters. The van der Waals surface area contributed by atoms with Crippen LogP contribution in [0.5, 0.6) is 0 Å². The summed E-state index contributed by atoms with van der Waals surface area (Å²) in [6.07, 6.45) is 10.9. The average Bonchev–Trinajstić information content (AvgIpc) is 1.57. The van der Waals surface area contributed by atoms with Crippen LogP contribution in [0.3, 0.4) is 0 Å². The highest BCUT2D eigenvalue weighted by atomic mass is 14.9. The Kier molecular flexibility index (Phi) is 22.5. The van der Waals surface area contributed by atoms with Crippen LogP contribution < -0.4 is 0 Å². The number of nitrogens with zero attached hydrogens (tertiary/aromatic N) is 9. The van der Waals surface area contributed by atoms with Crippen molar-refractivity contribution in [2.24, 2.45) is 0 Å². The second-order valence-electron chi connectivity index (χ2n) is 38.8. The Hall–Kier alpha value is -18.1. The van der Waals surface area contributed by atoms with E-state index in [1.807, 2.05) is 79.4 Å². The number of hydrogen-bond donors (Lipinski definition) is 0. The fourth-order valence-electron chi connectivity index (χ4n) is 21.5. The summed E-state index contributed by atoms with van der Waals surface area (Å²) < 4.78 is 0. The van der Waals surface area contributed by atoms with Crippen LogP contribution in [-0.4, -0.2) is 44.9 Å². The van der Waals surface area contributed by atoms with Gasteiger partial charge in [-0.05, 0) is 264 Å². The maximum absolute atomic E-state index is 5.18. The lowest BCUT2D eigenvalue weighted by Gasteiger charge is -2.23. The van der Waals surface area contributed by atoms with Gasteiger partial charge in [0.15, 0.2) is 17.5 Å². The van der Waals surface area contributed by atoms with Crippen LogP contribution >= 0.6 is 0 Å². The molecular formula is C134H97N9. The van der Waals surface area contributed by atoms with Crippen molar-refractivity contribution in [3.05, 3.63) is 513 Å². The third-order valence-electron chi connectivity index (χ3n) is 28.9. The number of benzene rings is 17. The van der Waals surface area contributed by atoms with E-state index in [1.54, 1.807) is 12.4 Å². The summed E-state index contributed by atoms with van der Waals surface area (Å²) in [7, 11) is 0. The molecule has 26 rings (SSSR count). The zero-order valence-corrected chi connectivity index (χ0v) is 80.1. The van der Waals surface area contributed by atoms with Gasteiger partial charge in [-0.2, -0.15) is 0 Å². The van der Waals surface area contributed by atoms with E-state index in [1.165, 1.54) is 105 Å². The number of aromatic nitrogens is 9. The van der Waals surface area contributed by atoms with Crippen LogP contribution in [0.15, 0.2) is 480 Å². The number of hydrogen-bond acceptors (Lipinski definition) is 9. The Balaban J connectivity index is 0.000000116. The van der Waals surface area contributed by atoms with Crippen LogP contribution in [-0.2, 0) is 16.2 Å². The van der Waals surface area contributed by atoms with Crippen molar-refractivity contribution in [2.75, 3.05) is 0 Å². The summed E-state index contributed by atoms with van der Waals surface area (Å²) in [5.74, 6) is 2.06. The third-order valence-corrected chi connectivity index (χ3v) is 28.9. The number of fused-ring (bicyclic) bond motifs is 13. The van der Waals surface area contributed by atoms with Crippen LogP contribution in [0.25, 0.3) is 223 Å². The van der Waals surface area contributed by atoms with Gasteiger partial charge in [-0.3, -0.25) is 15.0 Å². The Bertz CT molecular complexity index is 8840. The molecule has 9 heteroatoms. The van der Waals surface area contributed by atoms with Gasteiger partial charge < -0.3 is 0 Å². The fourth-order valence-corrected chi connectivity index (χ4v) is 21.5. The summed E-state index contributed by atoms with van der Waals surface area (Å²) in [4.78, 5) is 43.7. The minimum absolute atomic E-state index is 0.00975. The summed E-state index contributed by atoms with van der Waals surface area (Å²) in [6.45, 7) is 14.1. The molecule has 0 saturated carbocycles. The van der Waals surface area contributed by atoms with Crippen molar-refractivity contribution < 1.29 is 0 Å². The van der Waals surface area contributed by atoms with Gasteiger partial charge in [-0.15, -0.1) is 0 Å². The van der Waals surface area contributed by atoms with Crippen LogP contribution in [0, 0.1) is 0 Å². The Morgan fingerprint density at radius 3 is 0.965 bits per heavy atom. The van der Waals surface area contributed by atoms with Crippen molar-refractivity contribution in [2.45, 2.75) is 57.8 Å². The van der Waals surface area contributed by atoms with E-state index in [2.05, 4.69) is 445 Å². The molecule has 6 heterocycles. The molecule has 0 saturated heterocycles. The molecule has 678 valence electrons. The number of rotatable bonds is 15. The highest BCUT2D eigenvalue weighted by Gasteiger charge is 2.40. The standard InChI is InChI=1S/2C46H33N3.C42H31N3/c1-46(2)41-27-34(21-22-39(41)40-23-20-31-13-6-7-19-38(31)44(40)46)33-15-8-16-35(25-33)42-28-43(37-18-10-24-47-29-37)49-45(48-42)36-17-9-14-32(26-36)30-11-4-3-5-12-30;1-46(2)40-21-19-31-12-6-7-17-38(31)44(40)39-20-18-35(28-41(39)46)34-14-8-15-36(26-34)43-29-42(32-22-24-47-25-23-32)48-45(49-43)37-16-9-13-33(27-37)30-10-4-3-5-11-30;1-42(2)37-19-7-6-18-35(37)36-25-31(20-21-38(36)42)30-14-8-15-32(23-30)39-26-40(34-17-10-22-43-27-34)45-41(44-39)33-16-9-13-29(24-33)28-11-4-3-5-12-28/h2*3-29H,1-2H3;3-27H,1-2H3. The molecule has 0 spiro atoms. The maximum Gasteiger partial charge on any atom is 0.160 e. The van der Waals surface area contributed by atoms with Crippen molar-refractivity contribution in [3.8, 4) is 202 Å². The molecule has 0 aliphatic heterocycles. The lowest BCUT2D eigenvalue weighted by molar-refractivity contribution is 0.660. The third kappa shape index (κ3) is 16.7. The lowest BCUT2D eigenvalue weighted by Crippen LogP contribution is -2.15. The molecule has 0 amide bonds. The zero-order valence-electron chi connectivity index (χ0n) is 80.1. The summed E-state index contributed by atoms with van der Waals surface area (Å²) in [6, 6.07) is 157. The maximum atomic E-state index is 5.18. The largest absolute Gasteiger partial charge is 0.265 e. The molecule has 143 heavy (non-hydrogen) atoms. The van der Waals surface area contributed by atoms with Gasteiger partial charge in [-0.1, -0.05) is 375 Å². The first-order chi connectivity index (χ1) is 70.1. The van der Waals surface area contributed by atoms with Crippen LogP contribution in [0.1, 0.15) is 74.9 Å². The predicted octanol–water partition coefficient (Wildman–Crippen LogP) is 33.8. The second-order valence-corrected chi connectivity index (χ2v) is 38.8. The van der Waals surface area contributed by atoms with Gasteiger partial charge in [-0.25, -0.2) is 29.9 Å². The van der Waals surface area contributed by atoms with E-state index in [9.17, 15) is 0 Å². The SMILES string of the molecule is CC1(C)c2cc(-c3cccc(-c4cc(-c5cccnc5)nc(-c5cccc(-c6ccccc6)c5)n4)c3)ccc2-c2ccc3ccccc3c21.CC1(C)c2cc(-c3cccc(-c4cc(-c5ccncc5)nc(-c5cccc(-c6ccccc6)c5)n4)c3)ccc2-c2c1ccc1ccccc21.CC1(C)c2ccccc2-c2cc(-c3cccc(-c4cc(-c5cccnc5)nc(-c5cccc(-c6ccccc6)c5)n4)c3)ccc21. The predicted molar refractivity (Wildman–Crippen MR) is 589 cm³/mol. The van der Waals surface area contributed by atoms with E-state index in [-0.39, 0.29) is 16.2 Å². The topological polar surface area (TPSA) is 116 Å². The average molecular weight is 1830 g/mol. The molecule has 0 bridgehead atoms. The molecule has 0 radical (unpaired) electrons. The second kappa shape index (κ2) is 36.7. The highest BCUT2D eigenvalue weighted by Crippen LogP contribution is 2.56. The summed E-state index contributed by atoms with van der Waals surface area (Å²) in [5.41, 5.74) is 44.2. The van der Waals surface area contributed by atoms with Gasteiger partial charge in [0.1, 0.15) is 0 Å². The quantitative estimate of drug-likeness (QED) is 0.0989. The summed E-state index contributed by atoms with van der Waals surface area (Å²) >= 11 is 0. The van der Waals surface area contributed by atoms with Gasteiger partial charge in [0.2, 0.25) is 0 Å². The van der Waals surface area contributed by atoms with Gasteiger partial charge >= 0.3 is 0 Å². The minimum atomic E-state index is -0.117. The highest BCUT2D eigenvalue weighted by molar-refractivity contribution is 6.04. The molecule has 0 N–H and O–H groups in total. The van der Waals surface area contributed by atoms with Crippen molar-refractivity contribution in [1.29, 1.82) is 0 Å². The first-order valence-electron chi connectivity index (χ1n) is 48.9. The molecule has 3 aliphatic carbocycles. The lowest BCUT2D eigenvalue weighted by atomic mass is 9.79. The number of pyridine rings is 3. The van der Waals surface area contributed by atoms with E-state index in [4.69, 9.17) is 29.9 Å². The fraction of sp³-hybridized carbons (Fsp3) is 0.0672. The molecule has 6 aromatic heterocycles.